The second kappa shape index (κ2) is 6.25. The first kappa shape index (κ1) is 14.6. The van der Waals surface area contributed by atoms with Crippen LogP contribution in [0.4, 0.5) is 17.1 Å². The van der Waals surface area contributed by atoms with Gasteiger partial charge in [-0.25, -0.2) is 0 Å². The molecule has 0 aliphatic carbocycles. The van der Waals surface area contributed by atoms with Crippen LogP contribution in [0.1, 0.15) is 0 Å². The standard InChI is InChI=1S/C22H16BN/c23-19-11-14-21(15-12-19)24(20-8-2-1-3-9-20)22-13-10-17-6-4-5-7-18(17)16-22/h1-16H. The summed E-state index contributed by atoms with van der Waals surface area (Å²) in [4.78, 5) is 2.24. The van der Waals surface area contributed by atoms with Crippen molar-refractivity contribution in [2.75, 3.05) is 4.90 Å². The lowest BCUT2D eigenvalue weighted by Crippen LogP contribution is -2.11. The predicted octanol–water partition coefficient (Wildman–Crippen LogP) is 5.10. The summed E-state index contributed by atoms with van der Waals surface area (Å²) >= 11 is 0. The first-order chi connectivity index (χ1) is 11.8. The molecule has 0 bridgehead atoms. The van der Waals surface area contributed by atoms with E-state index in [1.165, 1.54) is 10.8 Å². The highest BCUT2D eigenvalue weighted by Gasteiger charge is 2.12. The number of rotatable bonds is 3. The monoisotopic (exact) mass is 305 g/mol. The number of anilines is 3. The Morgan fingerprint density at radius 1 is 0.500 bits per heavy atom. The van der Waals surface area contributed by atoms with Crippen LogP contribution in [0.15, 0.2) is 97.1 Å². The summed E-state index contributed by atoms with van der Waals surface area (Å²) in [5.41, 5.74) is 4.11. The van der Waals surface area contributed by atoms with Crippen LogP contribution in [-0.4, -0.2) is 7.85 Å². The van der Waals surface area contributed by atoms with Gasteiger partial charge in [-0.05, 0) is 47.2 Å². The fraction of sp³-hybridized carbons (Fsp3) is 0. The summed E-state index contributed by atoms with van der Waals surface area (Å²) in [5, 5.41) is 2.47. The van der Waals surface area contributed by atoms with Crippen molar-refractivity contribution in [2.24, 2.45) is 0 Å². The predicted molar refractivity (Wildman–Crippen MR) is 104 cm³/mol. The Kier molecular flexibility index (Phi) is 3.80. The molecule has 0 unspecified atom stereocenters. The Bertz CT molecular complexity index is 962. The topological polar surface area (TPSA) is 3.24 Å². The lowest BCUT2D eigenvalue weighted by atomic mass is 9.96. The van der Waals surface area contributed by atoms with Gasteiger partial charge in [-0.15, -0.1) is 0 Å². The van der Waals surface area contributed by atoms with E-state index < -0.39 is 0 Å². The fourth-order valence-electron chi connectivity index (χ4n) is 2.96. The molecule has 0 aromatic heterocycles. The van der Waals surface area contributed by atoms with E-state index in [4.69, 9.17) is 7.85 Å². The van der Waals surface area contributed by atoms with Crippen LogP contribution in [0.2, 0.25) is 0 Å². The van der Waals surface area contributed by atoms with Gasteiger partial charge in [0, 0.05) is 17.1 Å². The highest BCUT2D eigenvalue weighted by Crippen LogP contribution is 2.35. The Balaban J connectivity index is 1.89. The number of hydrogen-bond acceptors (Lipinski definition) is 1. The minimum Gasteiger partial charge on any atom is -0.310 e. The zero-order valence-corrected chi connectivity index (χ0v) is 13.3. The van der Waals surface area contributed by atoms with Crippen LogP contribution in [0, 0.1) is 0 Å². The Morgan fingerprint density at radius 2 is 1.08 bits per heavy atom. The molecule has 1 nitrogen and oxygen atoms in total. The lowest BCUT2D eigenvalue weighted by Gasteiger charge is -2.26. The van der Waals surface area contributed by atoms with E-state index in [1.807, 2.05) is 18.2 Å². The summed E-state index contributed by atoms with van der Waals surface area (Å²) in [6, 6.07) is 33.3. The van der Waals surface area contributed by atoms with Crippen molar-refractivity contribution < 1.29 is 0 Å². The molecule has 4 rings (SSSR count). The van der Waals surface area contributed by atoms with E-state index in [0.29, 0.717) is 0 Å². The molecule has 2 radical (unpaired) electrons. The first-order valence-electron chi connectivity index (χ1n) is 8.01. The number of hydrogen-bond donors (Lipinski definition) is 0. The van der Waals surface area contributed by atoms with Crippen LogP contribution in [0.5, 0.6) is 0 Å². The van der Waals surface area contributed by atoms with Crippen molar-refractivity contribution in [2.45, 2.75) is 0 Å². The summed E-state index contributed by atoms with van der Waals surface area (Å²) in [7, 11) is 5.86. The second-order valence-corrected chi connectivity index (χ2v) is 5.79. The number of para-hydroxylation sites is 1. The Hall–Kier alpha value is -3.00. The molecular weight excluding hydrogens is 289 g/mol. The molecule has 0 atom stereocenters. The van der Waals surface area contributed by atoms with E-state index >= 15 is 0 Å². The van der Waals surface area contributed by atoms with Gasteiger partial charge in [0.15, 0.2) is 0 Å². The molecule has 0 fully saturated rings. The van der Waals surface area contributed by atoms with Crippen LogP contribution < -0.4 is 10.4 Å². The first-order valence-corrected chi connectivity index (χ1v) is 8.01. The molecule has 0 amide bonds. The molecule has 0 aliphatic rings. The highest BCUT2D eigenvalue weighted by atomic mass is 15.1. The van der Waals surface area contributed by atoms with E-state index in [-0.39, 0.29) is 0 Å². The molecule has 0 saturated heterocycles. The molecule has 0 aliphatic heterocycles. The van der Waals surface area contributed by atoms with Crippen molar-refractivity contribution in [1.29, 1.82) is 0 Å². The largest absolute Gasteiger partial charge is 0.310 e. The molecule has 24 heavy (non-hydrogen) atoms. The van der Waals surface area contributed by atoms with Crippen LogP contribution in [-0.2, 0) is 0 Å². The van der Waals surface area contributed by atoms with Gasteiger partial charge in [-0.2, -0.15) is 0 Å². The van der Waals surface area contributed by atoms with E-state index in [9.17, 15) is 0 Å². The Morgan fingerprint density at radius 3 is 1.83 bits per heavy atom. The second-order valence-electron chi connectivity index (χ2n) is 5.79. The smallest absolute Gasteiger partial charge is 0.113 e. The molecule has 0 saturated carbocycles. The minimum atomic E-state index is 0.769. The summed E-state index contributed by atoms with van der Waals surface area (Å²) < 4.78 is 0. The van der Waals surface area contributed by atoms with Gasteiger partial charge >= 0.3 is 0 Å². The van der Waals surface area contributed by atoms with E-state index in [1.54, 1.807) is 0 Å². The third-order valence-corrected chi connectivity index (χ3v) is 4.16. The maximum absolute atomic E-state index is 5.86. The normalized spacial score (nSPS) is 10.7. The maximum Gasteiger partial charge on any atom is 0.113 e. The molecule has 0 spiro atoms. The van der Waals surface area contributed by atoms with Gasteiger partial charge in [0.1, 0.15) is 7.85 Å². The van der Waals surface area contributed by atoms with Crippen molar-refractivity contribution in [3.05, 3.63) is 97.1 Å². The third-order valence-electron chi connectivity index (χ3n) is 4.16. The van der Waals surface area contributed by atoms with Gasteiger partial charge < -0.3 is 4.90 Å². The van der Waals surface area contributed by atoms with Crippen LogP contribution in [0.25, 0.3) is 10.8 Å². The highest BCUT2D eigenvalue weighted by molar-refractivity contribution is 6.32. The summed E-state index contributed by atoms with van der Waals surface area (Å²) in [5.74, 6) is 0. The van der Waals surface area contributed by atoms with E-state index in [2.05, 4.69) is 83.8 Å². The minimum absolute atomic E-state index is 0.769. The number of nitrogens with zero attached hydrogens (tertiary/aromatic N) is 1. The van der Waals surface area contributed by atoms with Crippen LogP contribution in [0.3, 0.4) is 0 Å². The molecule has 112 valence electrons. The number of fused-ring (bicyclic) bond motifs is 1. The summed E-state index contributed by atoms with van der Waals surface area (Å²) in [6.45, 7) is 0. The molecule has 2 heteroatoms. The van der Waals surface area contributed by atoms with Gasteiger partial charge in [-0.1, -0.05) is 66.1 Å². The fourth-order valence-corrected chi connectivity index (χ4v) is 2.96. The van der Waals surface area contributed by atoms with Crippen molar-refractivity contribution >= 4 is 41.1 Å². The molecular formula is C22H16BN. The zero-order chi connectivity index (χ0) is 16.4. The average Bonchev–Trinajstić information content (AvgIpc) is 2.64. The van der Waals surface area contributed by atoms with Gasteiger partial charge in [-0.3, -0.25) is 0 Å². The molecule has 0 N–H and O–H groups in total. The van der Waals surface area contributed by atoms with E-state index in [0.717, 1.165) is 22.5 Å². The summed E-state index contributed by atoms with van der Waals surface area (Å²) in [6.07, 6.45) is 0. The zero-order valence-electron chi connectivity index (χ0n) is 13.3. The Labute approximate surface area is 143 Å². The lowest BCUT2D eigenvalue weighted by molar-refractivity contribution is 1.29. The molecule has 4 aromatic carbocycles. The maximum atomic E-state index is 5.86. The quantitative estimate of drug-likeness (QED) is 0.476. The van der Waals surface area contributed by atoms with Crippen molar-refractivity contribution in [3.8, 4) is 0 Å². The van der Waals surface area contributed by atoms with Gasteiger partial charge in [0.05, 0.1) is 0 Å². The van der Waals surface area contributed by atoms with Crippen molar-refractivity contribution in [1.82, 2.24) is 0 Å². The average molecular weight is 305 g/mol. The van der Waals surface area contributed by atoms with Gasteiger partial charge in [0.2, 0.25) is 0 Å². The van der Waals surface area contributed by atoms with Crippen LogP contribution >= 0.6 is 0 Å². The number of benzene rings is 4. The third kappa shape index (κ3) is 2.79. The molecule has 4 aromatic rings. The van der Waals surface area contributed by atoms with Gasteiger partial charge in [0.25, 0.3) is 0 Å². The SMILES string of the molecule is [B]c1ccc(N(c2ccccc2)c2ccc3ccccc3c2)cc1. The molecule has 0 heterocycles. The van der Waals surface area contributed by atoms with Crippen molar-refractivity contribution in [3.63, 3.8) is 0 Å².